The van der Waals surface area contributed by atoms with Crippen molar-refractivity contribution in [1.29, 1.82) is 0 Å². The third-order valence-corrected chi connectivity index (χ3v) is 7.17. The number of amides is 2. The van der Waals surface area contributed by atoms with Crippen LogP contribution in [-0.4, -0.2) is 33.8 Å². The zero-order valence-electron chi connectivity index (χ0n) is 17.6. The number of carbonyl (C=O) groups excluding carboxylic acids is 2. The van der Waals surface area contributed by atoms with Gasteiger partial charge in [-0.2, -0.15) is 0 Å². The maximum Gasteiger partial charge on any atom is 0.264 e. The summed E-state index contributed by atoms with van der Waals surface area (Å²) in [6.07, 6.45) is 1.38. The van der Waals surface area contributed by atoms with Crippen molar-refractivity contribution >= 4 is 38.9 Å². The zero-order valence-corrected chi connectivity index (χ0v) is 18.4. The van der Waals surface area contributed by atoms with Crippen molar-refractivity contribution in [3.05, 3.63) is 84.4 Å². The van der Waals surface area contributed by atoms with E-state index in [1.807, 2.05) is 6.07 Å². The molecule has 164 valence electrons. The molecule has 1 N–H and O–H groups in total. The van der Waals surface area contributed by atoms with Gasteiger partial charge in [-0.3, -0.25) is 13.9 Å². The van der Waals surface area contributed by atoms with Gasteiger partial charge in [0.15, 0.2) is 0 Å². The first-order valence-corrected chi connectivity index (χ1v) is 11.7. The van der Waals surface area contributed by atoms with Crippen molar-refractivity contribution in [2.75, 3.05) is 28.1 Å². The predicted octanol–water partition coefficient (Wildman–Crippen LogP) is 3.89. The van der Waals surface area contributed by atoms with Crippen molar-refractivity contribution in [2.45, 2.75) is 17.7 Å². The summed E-state index contributed by atoms with van der Waals surface area (Å²) < 4.78 is 27.2. The highest BCUT2D eigenvalue weighted by atomic mass is 32.2. The molecule has 7 nitrogen and oxygen atoms in total. The van der Waals surface area contributed by atoms with Gasteiger partial charge in [-0.1, -0.05) is 24.3 Å². The molecule has 2 amide bonds. The zero-order chi connectivity index (χ0) is 22.7. The van der Waals surface area contributed by atoms with Gasteiger partial charge >= 0.3 is 0 Å². The van der Waals surface area contributed by atoms with E-state index in [1.54, 1.807) is 65.6 Å². The molecule has 1 heterocycles. The first-order chi connectivity index (χ1) is 15.4. The molecule has 3 aromatic carbocycles. The van der Waals surface area contributed by atoms with Crippen LogP contribution < -0.4 is 14.5 Å². The minimum Gasteiger partial charge on any atom is -0.322 e. The fourth-order valence-corrected chi connectivity index (χ4v) is 4.83. The highest BCUT2D eigenvalue weighted by Gasteiger charge is 2.23. The van der Waals surface area contributed by atoms with E-state index in [2.05, 4.69) is 5.32 Å². The molecule has 1 aliphatic heterocycles. The lowest BCUT2D eigenvalue weighted by molar-refractivity contribution is -0.117. The van der Waals surface area contributed by atoms with Crippen molar-refractivity contribution < 1.29 is 18.0 Å². The van der Waals surface area contributed by atoms with E-state index in [0.29, 0.717) is 29.9 Å². The molecular formula is C24H23N3O4S. The molecule has 3 aromatic rings. The molecule has 0 spiro atoms. The minimum absolute atomic E-state index is 0.0737. The van der Waals surface area contributed by atoms with E-state index in [0.717, 1.165) is 12.1 Å². The number of para-hydroxylation sites is 1. The van der Waals surface area contributed by atoms with Crippen LogP contribution in [0.2, 0.25) is 0 Å². The number of nitrogens with one attached hydrogen (secondary N) is 1. The Bertz CT molecular complexity index is 1240. The SMILES string of the molecule is CN(c1ccccc1)S(=O)(=O)c1cccc(NC(=O)c2ccc(N3CCCC3=O)cc2)c1. The molecule has 1 fully saturated rings. The fourth-order valence-electron chi connectivity index (χ4n) is 3.59. The van der Waals surface area contributed by atoms with Gasteiger partial charge in [0.2, 0.25) is 5.91 Å². The molecule has 0 atom stereocenters. The highest BCUT2D eigenvalue weighted by Crippen LogP contribution is 2.25. The summed E-state index contributed by atoms with van der Waals surface area (Å²) in [4.78, 5) is 26.3. The molecule has 32 heavy (non-hydrogen) atoms. The fraction of sp³-hybridized carbons (Fsp3) is 0.167. The number of benzene rings is 3. The van der Waals surface area contributed by atoms with Crippen molar-refractivity contribution in [3.63, 3.8) is 0 Å². The molecule has 0 aromatic heterocycles. The number of sulfonamides is 1. The van der Waals surface area contributed by atoms with E-state index in [-0.39, 0.29) is 16.7 Å². The van der Waals surface area contributed by atoms with E-state index < -0.39 is 10.0 Å². The summed E-state index contributed by atoms with van der Waals surface area (Å²) in [5, 5.41) is 2.74. The Balaban J connectivity index is 1.50. The number of rotatable bonds is 6. The summed E-state index contributed by atoms with van der Waals surface area (Å²) in [6.45, 7) is 0.684. The van der Waals surface area contributed by atoms with Crippen LogP contribution in [0.15, 0.2) is 83.8 Å². The average molecular weight is 450 g/mol. The lowest BCUT2D eigenvalue weighted by Gasteiger charge is -2.20. The summed E-state index contributed by atoms with van der Waals surface area (Å²) in [5.74, 6) is -0.282. The lowest BCUT2D eigenvalue weighted by atomic mass is 10.1. The topological polar surface area (TPSA) is 86.8 Å². The molecule has 0 unspecified atom stereocenters. The van der Waals surface area contributed by atoms with Gasteiger partial charge in [0.05, 0.1) is 10.6 Å². The van der Waals surface area contributed by atoms with Gasteiger partial charge in [0.1, 0.15) is 0 Å². The molecular weight excluding hydrogens is 426 g/mol. The van der Waals surface area contributed by atoms with E-state index in [1.165, 1.54) is 23.5 Å². The molecule has 1 saturated heterocycles. The number of nitrogens with zero attached hydrogens (tertiary/aromatic N) is 2. The number of anilines is 3. The molecule has 0 aliphatic carbocycles. The Hall–Kier alpha value is -3.65. The van der Waals surface area contributed by atoms with Crippen LogP contribution >= 0.6 is 0 Å². The van der Waals surface area contributed by atoms with E-state index >= 15 is 0 Å². The quantitative estimate of drug-likeness (QED) is 0.619. The Morgan fingerprint density at radius 3 is 2.34 bits per heavy atom. The second-order valence-corrected chi connectivity index (χ2v) is 9.46. The number of hydrogen-bond donors (Lipinski definition) is 1. The lowest BCUT2D eigenvalue weighted by Crippen LogP contribution is -2.26. The summed E-state index contributed by atoms with van der Waals surface area (Å²) in [6, 6.07) is 21.7. The Kier molecular flexibility index (Phi) is 5.96. The first kappa shape index (κ1) is 21.6. The largest absolute Gasteiger partial charge is 0.322 e. The molecule has 0 saturated carbocycles. The van der Waals surface area contributed by atoms with Gasteiger partial charge in [0, 0.05) is 37.0 Å². The molecule has 1 aliphatic rings. The van der Waals surface area contributed by atoms with Gasteiger partial charge in [0.25, 0.3) is 15.9 Å². The number of hydrogen-bond acceptors (Lipinski definition) is 4. The smallest absolute Gasteiger partial charge is 0.264 e. The monoisotopic (exact) mass is 449 g/mol. The van der Waals surface area contributed by atoms with Crippen LogP contribution in [0.4, 0.5) is 17.1 Å². The van der Waals surface area contributed by atoms with E-state index in [4.69, 9.17) is 0 Å². The number of carbonyl (C=O) groups is 2. The first-order valence-electron chi connectivity index (χ1n) is 10.2. The molecule has 4 rings (SSSR count). The third kappa shape index (κ3) is 4.36. The second-order valence-electron chi connectivity index (χ2n) is 7.49. The Morgan fingerprint density at radius 2 is 1.69 bits per heavy atom. The van der Waals surface area contributed by atoms with Crippen LogP contribution in [0.1, 0.15) is 23.2 Å². The highest BCUT2D eigenvalue weighted by molar-refractivity contribution is 7.92. The molecule has 8 heteroatoms. The van der Waals surface area contributed by atoms with Crippen molar-refractivity contribution in [2.24, 2.45) is 0 Å². The van der Waals surface area contributed by atoms with Gasteiger partial charge in [-0.05, 0) is 61.0 Å². The van der Waals surface area contributed by atoms with Crippen LogP contribution in [0.25, 0.3) is 0 Å². The van der Waals surface area contributed by atoms with Crippen LogP contribution in [-0.2, 0) is 14.8 Å². The minimum atomic E-state index is -3.79. The maximum atomic E-state index is 13.0. The van der Waals surface area contributed by atoms with Crippen LogP contribution in [0, 0.1) is 0 Å². The summed E-state index contributed by atoms with van der Waals surface area (Å²) >= 11 is 0. The van der Waals surface area contributed by atoms with Crippen molar-refractivity contribution in [1.82, 2.24) is 0 Å². The van der Waals surface area contributed by atoms with Crippen LogP contribution in [0.3, 0.4) is 0 Å². The Morgan fingerprint density at radius 1 is 0.969 bits per heavy atom. The van der Waals surface area contributed by atoms with Gasteiger partial charge in [-0.15, -0.1) is 0 Å². The van der Waals surface area contributed by atoms with Crippen molar-refractivity contribution in [3.8, 4) is 0 Å². The van der Waals surface area contributed by atoms with Gasteiger partial charge in [-0.25, -0.2) is 8.42 Å². The Labute approximate surface area is 187 Å². The van der Waals surface area contributed by atoms with E-state index in [9.17, 15) is 18.0 Å². The summed E-state index contributed by atoms with van der Waals surface area (Å²) in [7, 11) is -2.30. The third-order valence-electron chi connectivity index (χ3n) is 5.38. The average Bonchev–Trinajstić information content (AvgIpc) is 3.25. The van der Waals surface area contributed by atoms with Gasteiger partial charge < -0.3 is 10.2 Å². The standard InChI is InChI=1S/C24H23N3O4S/c1-26(20-8-3-2-4-9-20)32(30,31)22-10-5-7-19(17-22)25-24(29)18-12-14-21(15-13-18)27-16-6-11-23(27)28/h2-5,7-10,12-15,17H,6,11,16H2,1H3,(H,25,29). The molecule has 0 bridgehead atoms. The second kappa shape index (κ2) is 8.84. The van der Waals surface area contributed by atoms with Crippen LogP contribution in [0.5, 0.6) is 0 Å². The molecule has 0 radical (unpaired) electrons. The summed E-state index contributed by atoms with van der Waals surface area (Å²) in [5.41, 5.74) is 2.09. The normalized spacial score (nSPS) is 13.8. The maximum absolute atomic E-state index is 13.0. The predicted molar refractivity (Wildman–Crippen MR) is 124 cm³/mol.